The molecule has 1 unspecified atom stereocenters. The zero-order valence-electron chi connectivity index (χ0n) is 16.4. The highest BCUT2D eigenvalue weighted by atomic mass is 32.2. The minimum Gasteiger partial charge on any atom is -0.307 e. The highest BCUT2D eigenvalue weighted by Gasteiger charge is 2.46. The van der Waals surface area contributed by atoms with Gasteiger partial charge >= 0.3 is 0 Å². The number of carbonyl (C=O) groups is 1. The van der Waals surface area contributed by atoms with Crippen LogP contribution in [0.2, 0.25) is 0 Å². The van der Waals surface area contributed by atoms with Gasteiger partial charge in [0.25, 0.3) is 0 Å². The maximum absolute atomic E-state index is 13.5. The van der Waals surface area contributed by atoms with E-state index in [0.29, 0.717) is 6.54 Å². The zero-order chi connectivity index (χ0) is 19.6. The predicted octanol–water partition coefficient (Wildman–Crippen LogP) is 5.98. The third kappa shape index (κ3) is 3.47. The minimum absolute atomic E-state index is 0.211. The van der Waals surface area contributed by atoms with Crippen molar-refractivity contribution in [3.8, 4) is 0 Å². The molecule has 1 atom stereocenters. The summed E-state index contributed by atoms with van der Waals surface area (Å²) in [7, 11) is 0. The SMILES string of the molecule is Cc1ccccc1SCCC1(C)C(=O)N(Cc2ccccc2)c2ccccc21. The summed E-state index contributed by atoms with van der Waals surface area (Å²) in [5.74, 6) is 1.13. The van der Waals surface area contributed by atoms with Crippen molar-refractivity contribution in [3.05, 3.63) is 95.6 Å². The molecule has 3 heteroatoms. The Hall–Kier alpha value is -2.52. The van der Waals surface area contributed by atoms with E-state index in [1.54, 1.807) is 0 Å². The summed E-state index contributed by atoms with van der Waals surface area (Å²) >= 11 is 1.84. The van der Waals surface area contributed by atoms with Gasteiger partial charge in [-0.3, -0.25) is 4.79 Å². The Bertz CT molecular complexity index is 985. The van der Waals surface area contributed by atoms with Crippen LogP contribution in [0, 0.1) is 6.92 Å². The highest BCUT2D eigenvalue weighted by molar-refractivity contribution is 7.99. The molecule has 142 valence electrons. The number of hydrogen-bond acceptors (Lipinski definition) is 2. The second-order valence-electron chi connectivity index (χ2n) is 7.59. The van der Waals surface area contributed by atoms with Crippen molar-refractivity contribution in [3.63, 3.8) is 0 Å². The molecule has 1 heterocycles. The Morgan fingerprint density at radius 1 is 0.893 bits per heavy atom. The lowest BCUT2D eigenvalue weighted by atomic mass is 9.81. The van der Waals surface area contributed by atoms with Gasteiger partial charge in [0.2, 0.25) is 5.91 Å². The van der Waals surface area contributed by atoms with Gasteiger partial charge in [-0.2, -0.15) is 0 Å². The van der Waals surface area contributed by atoms with Gasteiger partial charge in [0.05, 0.1) is 12.0 Å². The Morgan fingerprint density at radius 2 is 1.57 bits per heavy atom. The van der Waals surface area contributed by atoms with Crippen LogP contribution in [0.5, 0.6) is 0 Å². The fourth-order valence-electron chi connectivity index (χ4n) is 3.95. The topological polar surface area (TPSA) is 20.3 Å². The van der Waals surface area contributed by atoms with E-state index in [1.807, 2.05) is 47.0 Å². The molecule has 0 saturated heterocycles. The zero-order valence-corrected chi connectivity index (χ0v) is 17.2. The van der Waals surface area contributed by atoms with Gasteiger partial charge in [0.1, 0.15) is 0 Å². The van der Waals surface area contributed by atoms with Gasteiger partial charge < -0.3 is 4.90 Å². The standard InChI is InChI=1S/C25H25NOS/c1-19-10-6-9-15-23(19)28-17-16-25(2)21-13-7-8-14-22(21)26(24(25)27)18-20-11-4-3-5-12-20/h3-15H,16-18H2,1-2H3. The van der Waals surface area contributed by atoms with E-state index in [2.05, 4.69) is 62.4 Å². The molecule has 1 amide bonds. The summed E-state index contributed by atoms with van der Waals surface area (Å²) in [6.07, 6.45) is 0.827. The quantitative estimate of drug-likeness (QED) is 0.485. The number of thioether (sulfide) groups is 1. The number of benzene rings is 3. The van der Waals surface area contributed by atoms with Crippen molar-refractivity contribution in [1.82, 2.24) is 0 Å². The molecule has 0 spiro atoms. The fourth-order valence-corrected chi connectivity index (χ4v) is 5.15. The Morgan fingerprint density at radius 3 is 2.36 bits per heavy atom. The van der Waals surface area contributed by atoms with Gasteiger partial charge in [-0.05, 0) is 54.8 Å². The molecule has 3 aromatic rings. The highest BCUT2D eigenvalue weighted by Crippen LogP contribution is 2.45. The second kappa shape index (κ2) is 7.84. The van der Waals surface area contributed by atoms with E-state index < -0.39 is 5.41 Å². The molecule has 4 rings (SSSR count). The van der Waals surface area contributed by atoms with Crippen molar-refractivity contribution < 1.29 is 4.79 Å². The summed E-state index contributed by atoms with van der Waals surface area (Å²) in [5, 5.41) is 0. The summed E-state index contributed by atoms with van der Waals surface area (Å²) < 4.78 is 0. The molecule has 3 aromatic carbocycles. The molecule has 2 nitrogen and oxygen atoms in total. The maximum Gasteiger partial charge on any atom is 0.237 e. The first-order valence-electron chi connectivity index (χ1n) is 9.73. The molecule has 0 N–H and O–H groups in total. The number of aryl methyl sites for hydroxylation is 1. The molecular formula is C25H25NOS. The number of nitrogens with zero attached hydrogens (tertiary/aromatic N) is 1. The third-order valence-electron chi connectivity index (χ3n) is 5.64. The van der Waals surface area contributed by atoms with E-state index in [1.165, 1.54) is 10.5 Å². The number of para-hydroxylation sites is 1. The number of amides is 1. The summed E-state index contributed by atoms with van der Waals surface area (Å²) in [6.45, 7) is 4.87. The molecule has 1 aliphatic rings. The number of carbonyl (C=O) groups excluding carboxylic acids is 1. The van der Waals surface area contributed by atoms with Crippen LogP contribution in [0.3, 0.4) is 0 Å². The van der Waals surface area contributed by atoms with Crippen LogP contribution in [0.4, 0.5) is 5.69 Å². The van der Waals surface area contributed by atoms with Crippen LogP contribution in [-0.4, -0.2) is 11.7 Å². The van der Waals surface area contributed by atoms with Crippen molar-refractivity contribution in [1.29, 1.82) is 0 Å². The first-order valence-corrected chi connectivity index (χ1v) is 10.7. The first-order chi connectivity index (χ1) is 13.6. The average molecular weight is 388 g/mol. The molecule has 28 heavy (non-hydrogen) atoms. The van der Waals surface area contributed by atoms with E-state index in [-0.39, 0.29) is 5.91 Å². The summed E-state index contributed by atoms with van der Waals surface area (Å²) in [5.41, 5.74) is 4.19. The number of anilines is 1. The van der Waals surface area contributed by atoms with Crippen molar-refractivity contribution >= 4 is 23.4 Å². The number of rotatable bonds is 6. The van der Waals surface area contributed by atoms with Gasteiger partial charge in [-0.15, -0.1) is 11.8 Å². The van der Waals surface area contributed by atoms with E-state index in [9.17, 15) is 4.79 Å². The van der Waals surface area contributed by atoms with Crippen molar-refractivity contribution in [2.24, 2.45) is 0 Å². The molecule has 0 aliphatic carbocycles. The molecule has 1 aliphatic heterocycles. The lowest BCUT2D eigenvalue weighted by Gasteiger charge is -2.24. The first kappa shape index (κ1) is 18.8. The van der Waals surface area contributed by atoms with Gasteiger partial charge in [-0.1, -0.05) is 66.7 Å². The molecule has 0 fully saturated rings. The molecule has 0 aromatic heterocycles. The van der Waals surface area contributed by atoms with Gasteiger partial charge in [0, 0.05) is 10.6 Å². The Balaban J connectivity index is 1.56. The molecule has 0 saturated carbocycles. The largest absolute Gasteiger partial charge is 0.307 e. The smallest absolute Gasteiger partial charge is 0.237 e. The maximum atomic E-state index is 13.5. The van der Waals surface area contributed by atoms with Crippen LogP contribution in [0.1, 0.15) is 30.0 Å². The third-order valence-corrected chi connectivity index (χ3v) is 6.82. The Kier molecular flexibility index (Phi) is 5.27. The second-order valence-corrected chi connectivity index (χ2v) is 8.73. The number of fused-ring (bicyclic) bond motifs is 1. The van der Waals surface area contributed by atoms with Crippen LogP contribution in [0.25, 0.3) is 0 Å². The van der Waals surface area contributed by atoms with E-state index >= 15 is 0 Å². The molecule has 0 radical (unpaired) electrons. The normalized spacial score (nSPS) is 18.4. The van der Waals surface area contributed by atoms with Crippen molar-refractivity contribution in [2.45, 2.75) is 37.1 Å². The van der Waals surface area contributed by atoms with E-state index in [4.69, 9.17) is 0 Å². The average Bonchev–Trinajstić information content (AvgIpc) is 2.93. The summed E-state index contributed by atoms with van der Waals surface area (Å²) in [4.78, 5) is 16.8. The Labute approximate surface area is 171 Å². The fraction of sp³-hybridized carbons (Fsp3) is 0.240. The van der Waals surface area contributed by atoms with Gasteiger partial charge in [-0.25, -0.2) is 0 Å². The predicted molar refractivity (Wildman–Crippen MR) is 118 cm³/mol. The van der Waals surface area contributed by atoms with Gasteiger partial charge in [0.15, 0.2) is 0 Å². The van der Waals surface area contributed by atoms with Crippen LogP contribution >= 0.6 is 11.8 Å². The van der Waals surface area contributed by atoms with E-state index in [0.717, 1.165) is 29.0 Å². The minimum atomic E-state index is -0.471. The van der Waals surface area contributed by atoms with Crippen LogP contribution < -0.4 is 4.90 Å². The summed E-state index contributed by atoms with van der Waals surface area (Å²) in [6, 6.07) is 27.0. The molecular weight excluding hydrogens is 362 g/mol. The lowest BCUT2D eigenvalue weighted by molar-refractivity contribution is -0.122. The van der Waals surface area contributed by atoms with Crippen LogP contribution in [0.15, 0.2) is 83.8 Å². The lowest BCUT2D eigenvalue weighted by Crippen LogP contribution is -2.38. The monoisotopic (exact) mass is 387 g/mol. The number of hydrogen-bond donors (Lipinski definition) is 0. The molecule has 0 bridgehead atoms. The van der Waals surface area contributed by atoms with Crippen molar-refractivity contribution in [2.75, 3.05) is 10.7 Å². The van der Waals surface area contributed by atoms with Crippen LogP contribution in [-0.2, 0) is 16.8 Å².